The number of carbonyl (C=O) groups excluding carboxylic acids is 2. The molecule has 0 rings (SSSR count). The summed E-state index contributed by atoms with van der Waals surface area (Å²) in [5.41, 5.74) is 0. The molecule has 0 aliphatic rings. The first-order valence-electron chi connectivity index (χ1n) is 5.76. The normalized spacial score (nSPS) is 11.4. The molecule has 0 amide bonds. The van der Waals surface area contributed by atoms with E-state index in [9.17, 15) is 18.0 Å². The van der Waals surface area contributed by atoms with E-state index in [0.29, 0.717) is 0 Å². The van der Waals surface area contributed by atoms with Gasteiger partial charge in [-0.3, -0.25) is 9.59 Å². The van der Waals surface area contributed by atoms with Gasteiger partial charge in [0.05, 0.1) is 26.6 Å². The average molecular weight is 296 g/mol. The van der Waals surface area contributed by atoms with Crippen LogP contribution in [0.1, 0.15) is 19.8 Å². The molecule has 0 bridgehead atoms. The van der Waals surface area contributed by atoms with Crippen LogP contribution in [0, 0.1) is 0 Å². The molecular formula is C10H20N2O6S. The number of nitrogens with zero attached hydrogens (tertiary/aromatic N) is 1. The van der Waals surface area contributed by atoms with Crippen molar-refractivity contribution in [1.29, 1.82) is 0 Å². The highest BCUT2D eigenvalue weighted by molar-refractivity contribution is 7.87. The summed E-state index contributed by atoms with van der Waals surface area (Å²) < 4.78 is 35.7. The number of carbonyl (C=O) groups is 2. The van der Waals surface area contributed by atoms with Crippen LogP contribution >= 0.6 is 0 Å². The predicted octanol–water partition coefficient (Wildman–Crippen LogP) is -0.731. The molecule has 0 aliphatic carbocycles. The van der Waals surface area contributed by atoms with Gasteiger partial charge < -0.3 is 9.47 Å². The van der Waals surface area contributed by atoms with Crippen LogP contribution in [0.25, 0.3) is 0 Å². The van der Waals surface area contributed by atoms with Crippen LogP contribution in [0.4, 0.5) is 0 Å². The first kappa shape index (κ1) is 17.8. The van der Waals surface area contributed by atoms with Crippen molar-refractivity contribution >= 4 is 22.1 Å². The number of methoxy groups -OCH3 is 1. The Bertz CT molecular complexity index is 395. The highest BCUT2D eigenvalue weighted by Gasteiger charge is 2.18. The van der Waals surface area contributed by atoms with Gasteiger partial charge in [-0.15, -0.1) is 0 Å². The zero-order chi connectivity index (χ0) is 14.9. The first-order chi connectivity index (χ1) is 8.83. The summed E-state index contributed by atoms with van der Waals surface area (Å²) in [5, 5.41) is 0. The summed E-state index contributed by atoms with van der Waals surface area (Å²) in [7, 11) is -1.15. The van der Waals surface area contributed by atoms with Gasteiger partial charge in [-0.2, -0.15) is 12.7 Å². The largest absolute Gasteiger partial charge is 0.469 e. The van der Waals surface area contributed by atoms with Crippen LogP contribution in [-0.2, 0) is 29.3 Å². The van der Waals surface area contributed by atoms with Crippen LogP contribution in [0.2, 0.25) is 0 Å². The van der Waals surface area contributed by atoms with Crippen LogP contribution in [0.15, 0.2) is 0 Å². The minimum absolute atomic E-state index is 0.00140. The lowest BCUT2D eigenvalue weighted by Crippen LogP contribution is -2.40. The third-order valence-corrected chi connectivity index (χ3v) is 3.76. The summed E-state index contributed by atoms with van der Waals surface area (Å²) in [6.07, 6.45) is -0.0797. The molecule has 0 radical (unpaired) electrons. The maximum atomic E-state index is 11.7. The third kappa shape index (κ3) is 7.75. The standard InChI is InChI=1S/C10H20N2O6S/c1-4-18-10(14)5-7-11-19(15,16)12(2)8-6-9(13)17-3/h11H,4-8H2,1-3H3. The van der Waals surface area contributed by atoms with Crippen molar-refractivity contribution in [2.75, 3.05) is 33.9 Å². The van der Waals surface area contributed by atoms with E-state index in [2.05, 4.69) is 14.2 Å². The molecule has 0 aromatic rings. The lowest BCUT2D eigenvalue weighted by atomic mass is 10.4. The van der Waals surface area contributed by atoms with E-state index in [-0.39, 0.29) is 32.5 Å². The van der Waals surface area contributed by atoms with E-state index in [1.807, 2.05) is 0 Å². The van der Waals surface area contributed by atoms with Crippen molar-refractivity contribution in [1.82, 2.24) is 9.03 Å². The monoisotopic (exact) mass is 296 g/mol. The van der Waals surface area contributed by atoms with Gasteiger partial charge in [0.25, 0.3) is 10.2 Å². The Morgan fingerprint density at radius 3 is 2.37 bits per heavy atom. The molecular weight excluding hydrogens is 276 g/mol. The Balaban J connectivity index is 4.09. The molecule has 0 saturated carbocycles. The molecule has 0 unspecified atom stereocenters. The van der Waals surface area contributed by atoms with Crippen molar-refractivity contribution in [2.24, 2.45) is 0 Å². The third-order valence-electron chi connectivity index (χ3n) is 2.19. The minimum atomic E-state index is -3.71. The van der Waals surface area contributed by atoms with Crippen molar-refractivity contribution in [2.45, 2.75) is 19.8 Å². The van der Waals surface area contributed by atoms with Gasteiger partial charge in [-0.25, -0.2) is 4.72 Å². The van der Waals surface area contributed by atoms with Crippen LogP contribution < -0.4 is 4.72 Å². The van der Waals surface area contributed by atoms with Gasteiger partial charge in [0, 0.05) is 20.1 Å². The number of nitrogens with one attached hydrogen (secondary N) is 1. The average Bonchev–Trinajstić information content (AvgIpc) is 2.35. The lowest BCUT2D eigenvalue weighted by Gasteiger charge is -2.16. The molecule has 8 nitrogen and oxygen atoms in total. The summed E-state index contributed by atoms with van der Waals surface area (Å²) in [6.45, 7) is 1.87. The van der Waals surface area contributed by atoms with Crippen LogP contribution in [-0.4, -0.2) is 58.5 Å². The van der Waals surface area contributed by atoms with Crippen molar-refractivity contribution in [3.8, 4) is 0 Å². The number of hydrogen-bond acceptors (Lipinski definition) is 6. The molecule has 112 valence electrons. The minimum Gasteiger partial charge on any atom is -0.469 e. The van der Waals surface area contributed by atoms with Gasteiger partial charge in [-0.05, 0) is 6.92 Å². The number of esters is 2. The highest BCUT2D eigenvalue weighted by atomic mass is 32.2. The molecule has 0 heterocycles. The maximum Gasteiger partial charge on any atom is 0.307 e. The number of rotatable bonds is 9. The van der Waals surface area contributed by atoms with E-state index in [1.165, 1.54) is 14.2 Å². The molecule has 0 aliphatic heterocycles. The van der Waals surface area contributed by atoms with Crippen LogP contribution in [0.3, 0.4) is 0 Å². The van der Waals surface area contributed by atoms with Gasteiger partial charge >= 0.3 is 11.9 Å². The lowest BCUT2D eigenvalue weighted by molar-refractivity contribution is -0.143. The maximum absolute atomic E-state index is 11.7. The molecule has 0 atom stereocenters. The quantitative estimate of drug-likeness (QED) is 0.563. The molecule has 0 saturated heterocycles. The van der Waals surface area contributed by atoms with E-state index < -0.39 is 22.1 Å². The van der Waals surface area contributed by atoms with Gasteiger partial charge in [0.1, 0.15) is 0 Å². The highest BCUT2D eigenvalue weighted by Crippen LogP contribution is 1.97. The molecule has 1 N–H and O–H groups in total. The second-order valence-corrected chi connectivity index (χ2v) is 5.46. The molecule has 0 fully saturated rings. The molecule has 0 aromatic heterocycles. The van der Waals surface area contributed by atoms with E-state index in [4.69, 9.17) is 0 Å². The second-order valence-electron chi connectivity index (χ2n) is 3.60. The smallest absolute Gasteiger partial charge is 0.307 e. The fourth-order valence-electron chi connectivity index (χ4n) is 1.10. The Kier molecular flexibility index (Phi) is 8.28. The fourth-order valence-corrected chi connectivity index (χ4v) is 2.01. The van der Waals surface area contributed by atoms with E-state index >= 15 is 0 Å². The Morgan fingerprint density at radius 2 is 1.84 bits per heavy atom. The van der Waals surface area contributed by atoms with E-state index in [1.54, 1.807) is 6.92 Å². The SMILES string of the molecule is CCOC(=O)CCNS(=O)(=O)N(C)CCC(=O)OC. The van der Waals surface area contributed by atoms with Crippen LogP contribution in [0.5, 0.6) is 0 Å². The van der Waals surface area contributed by atoms with Gasteiger partial charge in [-0.1, -0.05) is 0 Å². The van der Waals surface area contributed by atoms with Crippen molar-refractivity contribution < 1.29 is 27.5 Å². The molecule has 9 heteroatoms. The Hall–Kier alpha value is -1.19. The van der Waals surface area contributed by atoms with Crippen molar-refractivity contribution in [3.05, 3.63) is 0 Å². The summed E-state index contributed by atoms with van der Waals surface area (Å²) >= 11 is 0. The second kappa shape index (κ2) is 8.83. The summed E-state index contributed by atoms with van der Waals surface area (Å²) in [6, 6.07) is 0. The molecule has 0 aromatic carbocycles. The molecule has 0 spiro atoms. The van der Waals surface area contributed by atoms with E-state index in [0.717, 1.165) is 4.31 Å². The topological polar surface area (TPSA) is 102 Å². The Morgan fingerprint density at radius 1 is 1.21 bits per heavy atom. The van der Waals surface area contributed by atoms with Gasteiger partial charge in [0.15, 0.2) is 0 Å². The summed E-state index contributed by atoms with van der Waals surface area (Å²) in [5.74, 6) is -0.962. The summed E-state index contributed by atoms with van der Waals surface area (Å²) in [4.78, 5) is 21.9. The first-order valence-corrected chi connectivity index (χ1v) is 7.20. The number of hydrogen-bond donors (Lipinski definition) is 1. The zero-order valence-electron chi connectivity index (χ0n) is 11.3. The van der Waals surface area contributed by atoms with Crippen molar-refractivity contribution in [3.63, 3.8) is 0 Å². The van der Waals surface area contributed by atoms with Gasteiger partial charge in [0.2, 0.25) is 0 Å². The predicted molar refractivity (Wildman–Crippen MR) is 67.4 cm³/mol. The molecule has 19 heavy (non-hydrogen) atoms. The fraction of sp³-hybridized carbons (Fsp3) is 0.800. The zero-order valence-corrected chi connectivity index (χ0v) is 12.2. The Labute approximate surface area is 113 Å². The number of ether oxygens (including phenoxy) is 2.